The maximum atomic E-state index is 13.4. The average molecular weight is 485 g/mol. The highest BCUT2D eigenvalue weighted by Crippen LogP contribution is 2.33. The second-order valence-corrected chi connectivity index (χ2v) is 9.12. The quantitative estimate of drug-likeness (QED) is 0.572. The van der Waals surface area contributed by atoms with E-state index in [0.29, 0.717) is 16.7 Å². The number of carbonyl (C=O) groups is 3. The Labute approximate surface area is 200 Å². The van der Waals surface area contributed by atoms with Gasteiger partial charge in [0, 0.05) is 29.7 Å². The first-order valence-corrected chi connectivity index (χ1v) is 10.8. The lowest BCUT2D eigenvalue weighted by atomic mass is 10.0. The van der Waals surface area contributed by atoms with E-state index >= 15 is 0 Å². The molecule has 2 heterocycles. The molecule has 2 aromatic rings. The molecule has 3 rings (SSSR count). The minimum absolute atomic E-state index is 0.0116. The van der Waals surface area contributed by atoms with E-state index in [2.05, 4.69) is 4.98 Å². The van der Waals surface area contributed by atoms with Crippen LogP contribution in [0.25, 0.3) is 11.3 Å². The van der Waals surface area contributed by atoms with E-state index in [1.165, 1.54) is 17.0 Å². The van der Waals surface area contributed by atoms with Crippen molar-refractivity contribution in [3.05, 3.63) is 46.5 Å². The fourth-order valence-corrected chi connectivity index (χ4v) is 3.88. The lowest BCUT2D eigenvalue weighted by Crippen LogP contribution is -2.45. The lowest BCUT2D eigenvalue weighted by Gasteiger charge is -2.25. The number of alkyl halides is 2. The summed E-state index contributed by atoms with van der Waals surface area (Å²) in [6.45, 7) is 5.18. The number of nitrogen functional groups attached to an aromatic ring is 1. The van der Waals surface area contributed by atoms with Crippen molar-refractivity contribution < 1.29 is 27.9 Å². The number of benzene rings is 1. The molecule has 0 aliphatic carbocycles. The Balaban J connectivity index is 1.86. The SMILES string of the molecule is CC(C)(C)OC(=O)CC[C@@H](C(N)=O)N1Cc2cc(-c3cc(C(F)F)c(C#N)c(N)n3)ccc2C1=O. The Bertz CT molecular complexity index is 1230. The molecule has 35 heavy (non-hydrogen) atoms. The number of carbonyl (C=O) groups excluding carboxylic acids is 3. The molecule has 1 atom stereocenters. The zero-order valence-corrected chi connectivity index (χ0v) is 19.5. The number of esters is 1. The van der Waals surface area contributed by atoms with E-state index in [1.807, 2.05) is 0 Å². The summed E-state index contributed by atoms with van der Waals surface area (Å²) in [4.78, 5) is 42.5. The van der Waals surface area contributed by atoms with Gasteiger partial charge in [-0.3, -0.25) is 14.4 Å². The normalized spacial score (nSPS) is 14.0. The van der Waals surface area contributed by atoms with Gasteiger partial charge in [-0.05, 0) is 51.0 Å². The summed E-state index contributed by atoms with van der Waals surface area (Å²) in [5, 5.41) is 9.11. The first-order chi connectivity index (χ1) is 16.3. The highest BCUT2D eigenvalue weighted by atomic mass is 19.3. The predicted octanol–water partition coefficient (Wildman–Crippen LogP) is 3.07. The third-order valence-corrected chi connectivity index (χ3v) is 5.40. The van der Waals surface area contributed by atoms with Gasteiger partial charge in [-0.1, -0.05) is 6.07 Å². The van der Waals surface area contributed by atoms with Crippen LogP contribution in [0.3, 0.4) is 0 Å². The van der Waals surface area contributed by atoms with Crippen molar-refractivity contribution in [1.82, 2.24) is 9.88 Å². The first kappa shape index (κ1) is 25.6. The van der Waals surface area contributed by atoms with Gasteiger partial charge in [0.1, 0.15) is 29.1 Å². The van der Waals surface area contributed by atoms with Gasteiger partial charge in [-0.15, -0.1) is 0 Å². The van der Waals surface area contributed by atoms with Crippen LogP contribution in [0.2, 0.25) is 0 Å². The standard InChI is InChI=1S/C24H25F2N5O4/c1-24(2,3)35-19(32)7-6-18(22(29)33)31-11-13-8-12(4-5-14(13)23(31)34)17-9-15(20(25)26)16(10-27)21(28)30-17/h4-5,8-9,18,20H,6-7,11H2,1-3H3,(H2,28,30)(H2,29,33)/t18-/m0/s1. The molecule has 1 aromatic heterocycles. The van der Waals surface area contributed by atoms with Crippen molar-refractivity contribution in [2.75, 3.05) is 5.73 Å². The zero-order valence-electron chi connectivity index (χ0n) is 19.5. The van der Waals surface area contributed by atoms with Crippen LogP contribution in [0.5, 0.6) is 0 Å². The molecule has 1 aliphatic rings. The van der Waals surface area contributed by atoms with Crippen LogP contribution in [0, 0.1) is 11.3 Å². The smallest absolute Gasteiger partial charge is 0.306 e. The van der Waals surface area contributed by atoms with Crippen molar-refractivity contribution in [3.63, 3.8) is 0 Å². The molecule has 0 saturated heterocycles. The number of ether oxygens (including phenoxy) is 1. The number of hydrogen-bond acceptors (Lipinski definition) is 7. The van der Waals surface area contributed by atoms with Gasteiger partial charge in [0.2, 0.25) is 5.91 Å². The summed E-state index contributed by atoms with van der Waals surface area (Å²) >= 11 is 0. The number of anilines is 1. The van der Waals surface area contributed by atoms with Crippen LogP contribution in [0.4, 0.5) is 14.6 Å². The van der Waals surface area contributed by atoms with Crippen molar-refractivity contribution in [2.24, 2.45) is 5.73 Å². The number of nitrogens with zero attached hydrogens (tertiary/aromatic N) is 3. The van der Waals surface area contributed by atoms with E-state index in [0.717, 1.165) is 6.07 Å². The molecular weight excluding hydrogens is 460 g/mol. The largest absolute Gasteiger partial charge is 0.460 e. The van der Waals surface area contributed by atoms with E-state index < -0.39 is 41.4 Å². The van der Waals surface area contributed by atoms with Crippen LogP contribution < -0.4 is 11.5 Å². The molecule has 0 radical (unpaired) electrons. The minimum Gasteiger partial charge on any atom is -0.460 e. The zero-order chi connectivity index (χ0) is 26.1. The number of fused-ring (bicyclic) bond motifs is 1. The van der Waals surface area contributed by atoms with Gasteiger partial charge >= 0.3 is 5.97 Å². The third-order valence-electron chi connectivity index (χ3n) is 5.40. The van der Waals surface area contributed by atoms with E-state index in [9.17, 15) is 23.2 Å². The fraction of sp³-hybridized carbons (Fsp3) is 0.375. The molecule has 0 bridgehead atoms. The van der Waals surface area contributed by atoms with E-state index in [-0.39, 0.29) is 36.5 Å². The molecule has 0 fully saturated rings. The molecule has 0 spiro atoms. The van der Waals surface area contributed by atoms with Crippen molar-refractivity contribution in [3.8, 4) is 17.3 Å². The maximum Gasteiger partial charge on any atom is 0.306 e. The molecule has 1 aliphatic heterocycles. The number of hydrogen-bond donors (Lipinski definition) is 2. The number of primary amides is 1. The highest BCUT2D eigenvalue weighted by molar-refractivity contribution is 6.01. The molecule has 2 amide bonds. The molecular formula is C24H25F2N5O4. The molecule has 1 aromatic carbocycles. The van der Waals surface area contributed by atoms with Crippen molar-refractivity contribution in [1.29, 1.82) is 5.26 Å². The van der Waals surface area contributed by atoms with E-state index in [1.54, 1.807) is 32.9 Å². The van der Waals surface area contributed by atoms with Gasteiger partial charge < -0.3 is 21.1 Å². The topological polar surface area (TPSA) is 152 Å². The maximum absolute atomic E-state index is 13.4. The van der Waals surface area contributed by atoms with Crippen LogP contribution >= 0.6 is 0 Å². The monoisotopic (exact) mass is 485 g/mol. The van der Waals surface area contributed by atoms with Crippen molar-refractivity contribution >= 4 is 23.6 Å². The number of nitrogens with two attached hydrogens (primary N) is 2. The summed E-state index contributed by atoms with van der Waals surface area (Å²) in [6, 6.07) is 6.28. The van der Waals surface area contributed by atoms with Gasteiger partial charge in [0.15, 0.2) is 0 Å². The number of amides is 2. The highest BCUT2D eigenvalue weighted by Gasteiger charge is 2.36. The summed E-state index contributed by atoms with van der Waals surface area (Å²) in [6.07, 6.45) is -3.05. The number of rotatable bonds is 7. The number of nitriles is 1. The number of aromatic nitrogens is 1. The Hall–Kier alpha value is -4.07. The molecule has 0 saturated carbocycles. The van der Waals surface area contributed by atoms with Gasteiger partial charge in [-0.25, -0.2) is 13.8 Å². The number of halogens is 2. The van der Waals surface area contributed by atoms with Crippen LogP contribution in [-0.2, 0) is 20.9 Å². The molecule has 0 unspecified atom stereocenters. The average Bonchev–Trinajstić information content (AvgIpc) is 3.07. The second kappa shape index (κ2) is 9.66. The predicted molar refractivity (Wildman–Crippen MR) is 122 cm³/mol. The minimum atomic E-state index is -2.93. The molecule has 4 N–H and O–H groups in total. The van der Waals surface area contributed by atoms with Crippen molar-refractivity contribution in [2.45, 2.75) is 58.2 Å². The summed E-state index contributed by atoms with van der Waals surface area (Å²) in [5.41, 5.74) is 11.0. The lowest BCUT2D eigenvalue weighted by molar-refractivity contribution is -0.155. The molecule has 11 heteroatoms. The first-order valence-electron chi connectivity index (χ1n) is 10.8. The Morgan fingerprint density at radius 1 is 1.29 bits per heavy atom. The number of pyridine rings is 1. The Morgan fingerprint density at radius 3 is 2.54 bits per heavy atom. The van der Waals surface area contributed by atoms with Gasteiger partial charge in [0.05, 0.1) is 5.69 Å². The Morgan fingerprint density at radius 2 is 1.97 bits per heavy atom. The summed E-state index contributed by atoms with van der Waals surface area (Å²) in [5.74, 6) is -2.05. The Kier molecular flexibility index (Phi) is 7.05. The van der Waals surface area contributed by atoms with Gasteiger partial charge in [-0.2, -0.15) is 5.26 Å². The van der Waals surface area contributed by atoms with Crippen LogP contribution in [-0.4, -0.2) is 39.3 Å². The molecule has 184 valence electrons. The van der Waals surface area contributed by atoms with Gasteiger partial charge in [0.25, 0.3) is 12.3 Å². The molecule has 9 nitrogen and oxygen atoms in total. The van der Waals surface area contributed by atoms with Crippen LogP contribution in [0.1, 0.15) is 67.1 Å². The van der Waals surface area contributed by atoms with Crippen LogP contribution in [0.15, 0.2) is 24.3 Å². The van der Waals surface area contributed by atoms with E-state index in [4.69, 9.17) is 21.5 Å². The fourth-order valence-electron chi connectivity index (χ4n) is 3.88. The summed E-state index contributed by atoms with van der Waals surface area (Å²) in [7, 11) is 0. The second-order valence-electron chi connectivity index (χ2n) is 9.12. The summed E-state index contributed by atoms with van der Waals surface area (Å²) < 4.78 is 32.1. The third kappa shape index (κ3) is 5.54.